The van der Waals surface area contributed by atoms with Gasteiger partial charge in [-0.15, -0.1) is 46.8 Å². The molecule has 2 fully saturated rings. The van der Waals surface area contributed by atoms with Gasteiger partial charge in [-0.3, -0.25) is 12.2 Å². The fourth-order valence-electron chi connectivity index (χ4n) is 4.23. The average Bonchev–Trinajstić information content (AvgIpc) is 3.31. The second kappa shape index (κ2) is 14.8. The van der Waals surface area contributed by atoms with Crippen molar-refractivity contribution in [3.63, 3.8) is 0 Å². The molecule has 0 aromatic rings. The summed E-state index contributed by atoms with van der Waals surface area (Å²) in [6.45, 7) is 0. The molecule has 0 aromatic carbocycles. The van der Waals surface area contributed by atoms with E-state index in [0.717, 1.165) is 24.7 Å². The molecule has 0 spiro atoms. The predicted molar refractivity (Wildman–Crippen MR) is 115 cm³/mol. The molecule has 0 atom stereocenters. The van der Waals surface area contributed by atoms with E-state index in [9.17, 15) is 0 Å². The third-order valence-electron chi connectivity index (χ3n) is 5.53. The number of allylic oxidation sites excluding steroid dienone is 8. The van der Waals surface area contributed by atoms with Crippen LogP contribution in [0.25, 0.3) is 0 Å². The van der Waals surface area contributed by atoms with Gasteiger partial charge in [0.05, 0.1) is 0 Å². The number of hydrogen-bond donors (Lipinski definition) is 0. The molecule has 0 saturated heterocycles. The van der Waals surface area contributed by atoms with Gasteiger partial charge < -0.3 is 0 Å². The van der Waals surface area contributed by atoms with Gasteiger partial charge in [0.25, 0.3) is 0 Å². The van der Waals surface area contributed by atoms with Gasteiger partial charge >= 0.3 is 26.2 Å². The van der Waals surface area contributed by atoms with Crippen molar-refractivity contribution >= 4 is 34.0 Å². The Kier molecular flexibility index (Phi) is 15.3. The van der Waals surface area contributed by atoms with E-state index in [-0.39, 0.29) is 60.2 Å². The Balaban J connectivity index is 0.000000411. The first-order chi connectivity index (χ1) is 10.9. The van der Waals surface area contributed by atoms with Crippen LogP contribution in [0.15, 0.2) is 35.5 Å². The van der Waals surface area contributed by atoms with Crippen LogP contribution in [0.2, 0.25) is 0 Å². The van der Waals surface area contributed by atoms with Crippen LogP contribution in [0.4, 0.5) is 0 Å². The quantitative estimate of drug-likeness (QED) is 0.312. The normalized spacial score (nSPS) is 22.6. The van der Waals surface area contributed by atoms with Crippen LogP contribution >= 0.6 is 34.0 Å². The van der Waals surface area contributed by atoms with Crippen molar-refractivity contribution in [1.29, 1.82) is 0 Å². The molecule has 0 nitrogen and oxygen atoms in total. The molecule has 4 aliphatic carbocycles. The molecule has 0 amide bonds. The van der Waals surface area contributed by atoms with Gasteiger partial charge in [0.2, 0.25) is 0 Å². The minimum Gasteiger partial charge on any atom is -0.269 e. The Morgan fingerprint density at radius 3 is 1.24 bits per heavy atom. The van der Waals surface area contributed by atoms with Gasteiger partial charge in [0, 0.05) is 0 Å². The topological polar surface area (TPSA) is 0 Å². The summed E-state index contributed by atoms with van der Waals surface area (Å²) >= 11 is 0. The molecule has 3 heteroatoms. The molecule has 25 heavy (non-hydrogen) atoms. The predicted octanol–water partition coefficient (Wildman–Crippen LogP) is 7.67. The Bertz CT molecular complexity index is 420. The molecule has 2 saturated carbocycles. The molecule has 0 heterocycles. The molecule has 0 radical (unpaired) electrons. The second-order valence-corrected chi connectivity index (χ2v) is 7.15. The Morgan fingerprint density at radius 2 is 0.960 bits per heavy atom. The Labute approximate surface area is 195 Å². The Hall–Kier alpha value is 0.803. The van der Waals surface area contributed by atoms with Gasteiger partial charge in [-0.05, 0) is 37.5 Å². The maximum atomic E-state index is 3.43. The third-order valence-corrected chi connectivity index (χ3v) is 5.53. The van der Waals surface area contributed by atoms with Gasteiger partial charge in [-0.1, -0.05) is 38.5 Å². The fraction of sp³-hybridized carbons (Fsp3) is 0.636. The molecular weight excluding hydrogens is 515 g/mol. The van der Waals surface area contributed by atoms with E-state index in [2.05, 4.69) is 36.5 Å². The minimum atomic E-state index is 0. The first-order valence-corrected chi connectivity index (χ1v) is 9.48. The zero-order valence-electron chi connectivity index (χ0n) is 15.3. The van der Waals surface area contributed by atoms with Crippen molar-refractivity contribution in [1.82, 2.24) is 0 Å². The van der Waals surface area contributed by atoms with E-state index >= 15 is 0 Å². The zero-order chi connectivity index (χ0) is 15.0. The van der Waals surface area contributed by atoms with Crippen LogP contribution in [0.5, 0.6) is 0 Å². The van der Waals surface area contributed by atoms with Gasteiger partial charge in [-0.25, -0.2) is 23.3 Å². The van der Waals surface area contributed by atoms with Crippen LogP contribution in [0, 0.1) is 24.0 Å². The summed E-state index contributed by atoms with van der Waals surface area (Å²) < 4.78 is 0. The number of hydrogen-bond acceptors (Lipinski definition) is 0. The van der Waals surface area contributed by atoms with E-state index in [1.807, 2.05) is 0 Å². The molecule has 0 aromatic heterocycles. The summed E-state index contributed by atoms with van der Waals surface area (Å²) in [5, 5.41) is 0. The summed E-state index contributed by atoms with van der Waals surface area (Å²) in [6.07, 6.45) is 32.3. The van der Waals surface area contributed by atoms with Crippen LogP contribution in [0.3, 0.4) is 0 Å². The van der Waals surface area contributed by atoms with Crippen molar-refractivity contribution in [2.75, 3.05) is 0 Å². The summed E-state index contributed by atoms with van der Waals surface area (Å²) in [7, 11) is 0. The molecule has 0 bridgehead atoms. The molecule has 0 unspecified atom stereocenters. The van der Waals surface area contributed by atoms with Gasteiger partial charge in [0.1, 0.15) is 0 Å². The molecule has 4 aliphatic rings. The summed E-state index contributed by atoms with van der Waals surface area (Å²) in [4.78, 5) is 0. The molecule has 138 valence electrons. The van der Waals surface area contributed by atoms with E-state index in [1.165, 1.54) is 75.4 Å². The first kappa shape index (κ1) is 25.8. The molecule has 0 N–H and O–H groups in total. The Morgan fingerprint density at radius 1 is 0.600 bits per heavy atom. The monoisotopic (exact) mass is 544 g/mol. The van der Waals surface area contributed by atoms with Crippen molar-refractivity contribution < 1.29 is 26.2 Å². The minimum absolute atomic E-state index is 0. The van der Waals surface area contributed by atoms with Crippen LogP contribution in [-0.2, 0) is 26.2 Å². The summed E-state index contributed by atoms with van der Waals surface area (Å²) in [5.41, 5.74) is 3.01. The van der Waals surface area contributed by atoms with Crippen LogP contribution < -0.4 is 0 Å². The number of halogens is 2. The average molecular weight is 548 g/mol. The molecule has 4 rings (SSSR count). The molecular formula is C22H32Br2Zr. The standard InChI is InChI=1S/2C11H15.2BrH.Zr/c2*1-2-6-10(7-3-1)11-8-4-5-9-11;;;/h2*4,8,10H,1-3,5-7H2;2*1H;/q2*-1;;;+2. The maximum Gasteiger partial charge on any atom is 2.00 e. The van der Waals surface area contributed by atoms with Crippen molar-refractivity contribution in [3.05, 3.63) is 47.6 Å². The summed E-state index contributed by atoms with van der Waals surface area (Å²) in [6, 6.07) is 0. The van der Waals surface area contributed by atoms with E-state index < -0.39 is 0 Å². The van der Waals surface area contributed by atoms with E-state index in [0.29, 0.717) is 0 Å². The van der Waals surface area contributed by atoms with E-state index in [1.54, 1.807) is 0 Å². The largest absolute Gasteiger partial charge is 2.00 e. The second-order valence-electron chi connectivity index (χ2n) is 7.15. The number of rotatable bonds is 2. The van der Waals surface area contributed by atoms with Crippen molar-refractivity contribution in [3.8, 4) is 0 Å². The van der Waals surface area contributed by atoms with E-state index in [4.69, 9.17) is 0 Å². The van der Waals surface area contributed by atoms with Crippen molar-refractivity contribution in [2.45, 2.75) is 77.0 Å². The van der Waals surface area contributed by atoms with Crippen LogP contribution in [-0.4, -0.2) is 0 Å². The first-order valence-electron chi connectivity index (χ1n) is 9.48. The smallest absolute Gasteiger partial charge is 0.269 e. The SMILES string of the molecule is Br.Br.[C-]1=C(C2CCCCC2)C=CC1.[C-]1=C(C2CCCCC2)C=CC1.[Zr+2]. The molecule has 0 aliphatic heterocycles. The summed E-state index contributed by atoms with van der Waals surface area (Å²) in [5.74, 6) is 1.73. The van der Waals surface area contributed by atoms with Crippen LogP contribution in [0.1, 0.15) is 77.0 Å². The van der Waals surface area contributed by atoms with Crippen molar-refractivity contribution in [2.24, 2.45) is 11.8 Å². The maximum absolute atomic E-state index is 3.43. The fourth-order valence-corrected chi connectivity index (χ4v) is 4.23. The van der Waals surface area contributed by atoms with Gasteiger partial charge in [-0.2, -0.15) is 12.2 Å². The zero-order valence-corrected chi connectivity index (χ0v) is 21.2. The van der Waals surface area contributed by atoms with Gasteiger partial charge in [0.15, 0.2) is 0 Å². The third kappa shape index (κ3) is 8.57.